The van der Waals surface area contributed by atoms with Crippen LogP contribution in [0.1, 0.15) is 20.3 Å². The third-order valence-electron chi connectivity index (χ3n) is 4.93. The van der Waals surface area contributed by atoms with Crippen molar-refractivity contribution in [3.8, 4) is 0 Å². The van der Waals surface area contributed by atoms with Crippen LogP contribution in [0.15, 0.2) is 16.9 Å². The van der Waals surface area contributed by atoms with Gasteiger partial charge in [-0.25, -0.2) is 4.79 Å². The van der Waals surface area contributed by atoms with E-state index < -0.39 is 23.6 Å². The van der Waals surface area contributed by atoms with E-state index in [1.165, 1.54) is 20.5 Å². The van der Waals surface area contributed by atoms with Gasteiger partial charge in [0, 0.05) is 17.9 Å². The molecular weight excluding hydrogens is 318 g/mol. The number of hydrogen-bond acceptors (Lipinski definition) is 7. The van der Waals surface area contributed by atoms with Gasteiger partial charge in [0.15, 0.2) is 5.79 Å². The first-order valence-electron chi connectivity index (χ1n) is 7.74. The fourth-order valence-corrected chi connectivity index (χ4v) is 4.19. The predicted octanol–water partition coefficient (Wildman–Crippen LogP) is 1.88. The molecule has 0 aromatic heterocycles. The summed E-state index contributed by atoms with van der Waals surface area (Å²) in [6.07, 6.45) is 0.925. The molecule has 3 rings (SSSR count). The Kier molecular flexibility index (Phi) is 4.21. The van der Waals surface area contributed by atoms with E-state index in [-0.39, 0.29) is 24.5 Å². The first-order valence-corrected chi connectivity index (χ1v) is 7.74. The number of esters is 1. The molecule has 0 radical (unpaired) electrons. The van der Waals surface area contributed by atoms with Crippen molar-refractivity contribution >= 4 is 5.97 Å². The first-order chi connectivity index (χ1) is 11.4. The lowest BCUT2D eigenvalue weighted by atomic mass is 9.80. The number of methoxy groups -OCH3 is 2. The molecule has 9 heteroatoms. The third-order valence-corrected chi connectivity index (χ3v) is 4.93. The molecule has 24 heavy (non-hydrogen) atoms. The zero-order valence-corrected chi connectivity index (χ0v) is 14.1. The van der Waals surface area contributed by atoms with Gasteiger partial charge in [0.2, 0.25) is 6.29 Å². The van der Waals surface area contributed by atoms with Crippen LogP contribution in [0.4, 0.5) is 0 Å². The highest BCUT2D eigenvalue weighted by molar-refractivity contribution is 5.89. The molecule has 0 amide bonds. The summed E-state index contributed by atoms with van der Waals surface area (Å²) < 4.78 is 28.1. The van der Waals surface area contributed by atoms with Crippen LogP contribution < -0.4 is 0 Å². The summed E-state index contributed by atoms with van der Waals surface area (Å²) in [5.41, 5.74) is 8.28. The molecule has 0 aromatic carbocycles. The van der Waals surface area contributed by atoms with Crippen LogP contribution >= 0.6 is 0 Å². The van der Waals surface area contributed by atoms with Crippen LogP contribution in [0, 0.1) is 11.8 Å². The van der Waals surface area contributed by atoms with Gasteiger partial charge in [0.25, 0.3) is 0 Å². The molecule has 5 unspecified atom stereocenters. The van der Waals surface area contributed by atoms with Gasteiger partial charge in [-0.15, -0.1) is 0 Å². The maximum Gasteiger partial charge on any atom is 0.337 e. The molecule has 2 heterocycles. The Labute approximate surface area is 139 Å². The van der Waals surface area contributed by atoms with Crippen molar-refractivity contribution in [1.82, 2.24) is 0 Å². The van der Waals surface area contributed by atoms with Crippen LogP contribution in [0.25, 0.3) is 10.4 Å². The summed E-state index contributed by atoms with van der Waals surface area (Å²) in [5, 5.41) is 3.73. The van der Waals surface area contributed by atoms with Gasteiger partial charge in [0.1, 0.15) is 5.60 Å². The molecule has 2 fully saturated rings. The van der Waals surface area contributed by atoms with Crippen molar-refractivity contribution in [2.75, 3.05) is 20.8 Å². The highest BCUT2D eigenvalue weighted by atomic mass is 16.8. The van der Waals surface area contributed by atoms with Crippen LogP contribution in [0.5, 0.6) is 0 Å². The van der Waals surface area contributed by atoms with Gasteiger partial charge in [0.05, 0.1) is 37.5 Å². The molecule has 0 N–H and O–H groups in total. The van der Waals surface area contributed by atoms with E-state index >= 15 is 0 Å². The average molecular weight is 339 g/mol. The number of nitrogens with zero attached hydrogens (tertiary/aromatic N) is 3. The van der Waals surface area contributed by atoms with Crippen molar-refractivity contribution in [2.45, 2.75) is 44.1 Å². The second-order valence-electron chi connectivity index (χ2n) is 6.63. The van der Waals surface area contributed by atoms with Crippen molar-refractivity contribution in [2.24, 2.45) is 17.0 Å². The fraction of sp³-hybridized carbons (Fsp3) is 0.800. The van der Waals surface area contributed by atoms with E-state index in [9.17, 15) is 4.79 Å². The lowest BCUT2D eigenvalue weighted by Gasteiger charge is -2.41. The first kappa shape index (κ1) is 17.0. The van der Waals surface area contributed by atoms with E-state index in [0.717, 1.165) is 0 Å². The fourth-order valence-electron chi connectivity index (χ4n) is 4.19. The maximum absolute atomic E-state index is 12.1. The molecule has 1 saturated heterocycles. The molecule has 5 atom stereocenters. The average Bonchev–Trinajstić information content (AvgIpc) is 2.98. The van der Waals surface area contributed by atoms with Gasteiger partial charge in [-0.05, 0) is 25.8 Å². The molecule has 2 aliphatic heterocycles. The highest BCUT2D eigenvalue weighted by Crippen LogP contribution is 2.57. The van der Waals surface area contributed by atoms with Crippen LogP contribution in [-0.4, -0.2) is 50.5 Å². The van der Waals surface area contributed by atoms with Crippen LogP contribution in [-0.2, 0) is 28.5 Å². The third kappa shape index (κ3) is 2.44. The standard InChI is InChI=1S/C15H21N3O6/c1-14(2)23-10-5-8-9(12(19)20-3)6-22-13(21-4)11(8)15(10,24-14)7-17-18-16/h6,8,10-11,13H,5,7H2,1-4H3. The van der Waals surface area contributed by atoms with E-state index in [4.69, 9.17) is 29.2 Å². The molecule has 0 spiro atoms. The summed E-state index contributed by atoms with van der Waals surface area (Å²) in [6, 6.07) is 0. The highest BCUT2D eigenvalue weighted by Gasteiger charge is 2.68. The smallest absolute Gasteiger partial charge is 0.337 e. The number of fused-ring (bicyclic) bond motifs is 3. The second kappa shape index (κ2) is 5.93. The van der Waals surface area contributed by atoms with Crippen molar-refractivity contribution < 1.29 is 28.5 Å². The lowest BCUT2D eigenvalue weighted by Crippen LogP contribution is -2.53. The van der Waals surface area contributed by atoms with Gasteiger partial charge < -0.3 is 23.7 Å². The molecule has 9 nitrogen and oxygen atoms in total. The van der Waals surface area contributed by atoms with Gasteiger partial charge in [-0.2, -0.15) is 0 Å². The van der Waals surface area contributed by atoms with E-state index in [2.05, 4.69) is 10.0 Å². The van der Waals surface area contributed by atoms with Gasteiger partial charge >= 0.3 is 5.97 Å². The number of rotatable bonds is 4. The number of ether oxygens (including phenoxy) is 5. The largest absolute Gasteiger partial charge is 0.472 e. The summed E-state index contributed by atoms with van der Waals surface area (Å²) in [5.74, 6) is -1.88. The van der Waals surface area contributed by atoms with Gasteiger partial charge in [-0.3, -0.25) is 0 Å². The Morgan fingerprint density at radius 3 is 2.88 bits per heavy atom. The topological polar surface area (TPSA) is 112 Å². The van der Waals surface area contributed by atoms with E-state index in [1.54, 1.807) is 13.8 Å². The van der Waals surface area contributed by atoms with Crippen LogP contribution in [0.2, 0.25) is 0 Å². The van der Waals surface area contributed by atoms with Crippen LogP contribution in [0.3, 0.4) is 0 Å². The normalized spacial score (nSPS) is 39.1. The minimum absolute atomic E-state index is 0.0659. The minimum atomic E-state index is -0.922. The Balaban J connectivity index is 2.04. The Morgan fingerprint density at radius 2 is 2.25 bits per heavy atom. The number of azide groups is 1. The second-order valence-corrected chi connectivity index (χ2v) is 6.63. The van der Waals surface area contributed by atoms with E-state index in [0.29, 0.717) is 12.0 Å². The minimum Gasteiger partial charge on any atom is -0.472 e. The Bertz CT molecular complexity index is 614. The molecule has 3 aliphatic rings. The summed E-state index contributed by atoms with van der Waals surface area (Å²) >= 11 is 0. The van der Waals surface area contributed by atoms with Crippen molar-refractivity contribution in [1.29, 1.82) is 0 Å². The molecule has 132 valence electrons. The van der Waals surface area contributed by atoms with Crippen molar-refractivity contribution in [3.63, 3.8) is 0 Å². The summed E-state index contributed by atoms with van der Waals surface area (Å²) in [6.45, 7) is 3.68. The molecule has 1 saturated carbocycles. The Morgan fingerprint density at radius 1 is 1.50 bits per heavy atom. The predicted molar refractivity (Wildman–Crippen MR) is 80.4 cm³/mol. The van der Waals surface area contributed by atoms with Crippen molar-refractivity contribution in [3.05, 3.63) is 22.3 Å². The maximum atomic E-state index is 12.1. The SMILES string of the molecule is COC(=O)C1=COC(OC)C2C1CC1OC(C)(C)OC12CN=[N+]=[N-]. The quantitative estimate of drug-likeness (QED) is 0.334. The summed E-state index contributed by atoms with van der Waals surface area (Å²) in [4.78, 5) is 15.0. The zero-order valence-electron chi connectivity index (χ0n) is 14.1. The molecule has 0 aromatic rings. The number of hydrogen-bond donors (Lipinski definition) is 0. The lowest BCUT2D eigenvalue weighted by molar-refractivity contribution is -0.223. The zero-order chi connectivity index (χ0) is 17.5. The number of carbonyl (C=O) groups excluding carboxylic acids is 1. The van der Waals surface area contributed by atoms with E-state index in [1.807, 2.05) is 0 Å². The monoisotopic (exact) mass is 339 g/mol. The molecule has 0 bridgehead atoms. The Hall–Kier alpha value is -1.80. The van der Waals surface area contributed by atoms with Gasteiger partial charge in [-0.1, -0.05) is 5.11 Å². The summed E-state index contributed by atoms with van der Waals surface area (Å²) in [7, 11) is 2.84. The molecule has 1 aliphatic carbocycles. The number of carbonyl (C=O) groups is 1. The molecular formula is C15H21N3O6.